The second kappa shape index (κ2) is 5.96. The molecule has 1 aromatic heterocycles. The first kappa shape index (κ1) is 14.4. The number of hydrogen-bond donors (Lipinski definition) is 2. The largest absolute Gasteiger partial charge is 0.334 e. The van der Waals surface area contributed by atoms with Crippen LogP contribution in [-0.4, -0.2) is 15.5 Å². The summed E-state index contributed by atoms with van der Waals surface area (Å²) in [6, 6.07) is -0.141. The molecule has 0 radical (unpaired) electrons. The van der Waals surface area contributed by atoms with Gasteiger partial charge in [-0.3, -0.25) is 5.84 Å². The highest BCUT2D eigenvalue weighted by Gasteiger charge is 2.38. The molecule has 0 aromatic carbocycles. The fourth-order valence-electron chi connectivity index (χ4n) is 2.85. The minimum Gasteiger partial charge on any atom is -0.334 e. The summed E-state index contributed by atoms with van der Waals surface area (Å²) in [6.07, 6.45) is 5.53. The van der Waals surface area contributed by atoms with Crippen LogP contribution in [0.15, 0.2) is 12.4 Å². The highest BCUT2D eigenvalue weighted by molar-refractivity contribution is 5.02. The van der Waals surface area contributed by atoms with Crippen LogP contribution in [0.1, 0.15) is 50.9 Å². The Balaban J connectivity index is 2.09. The lowest BCUT2D eigenvalue weighted by Crippen LogP contribution is -2.38. The molecule has 1 heterocycles. The van der Waals surface area contributed by atoms with E-state index in [1.807, 2.05) is 6.20 Å². The van der Waals surface area contributed by atoms with Gasteiger partial charge in [0.1, 0.15) is 5.82 Å². The molecule has 2 rings (SSSR count). The van der Waals surface area contributed by atoms with Crippen LogP contribution in [0, 0.1) is 5.92 Å². The molecule has 1 aliphatic carbocycles. The number of rotatable bonds is 5. The zero-order chi connectivity index (χ0) is 13.9. The molecule has 3 N–H and O–H groups in total. The smallest absolute Gasteiger partial charge is 0.248 e. The van der Waals surface area contributed by atoms with Gasteiger partial charge in [-0.15, -0.1) is 0 Å². The maximum atomic E-state index is 13.2. The molecule has 1 saturated carbocycles. The zero-order valence-electron chi connectivity index (χ0n) is 11.3. The number of halogens is 2. The van der Waals surface area contributed by atoms with Crippen LogP contribution in [0.5, 0.6) is 0 Å². The standard InChI is InChI=1S/C13H22F2N4/c1-2-8-19-9-7-17-12(19)11(18-16)10-3-5-13(14,15)6-4-10/h7,9-11,18H,2-6,8,16H2,1H3. The molecule has 1 atom stereocenters. The Labute approximate surface area is 112 Å². The van der Waals surface area contributed by atoms with E-state index in [1.165, 1.54) is 0 Å². The Morgan fingerprint density at radius 1 is 1.53 bits per heavy atom. The first-order valence-corrected chi connectivity index (χ1v) is 6.92. The summed E-state index contributed by atoms with van der Waals surface area (Å²) >= 11 is 0. The van der Waals surface area contributed by atoms with Crippen molar-refractivity contribution in [3.05, 3.63) is 18.2 Å². The lowest BCUT2D eigenvalue weighted by Gasteiger charge is -2.33. The second-order valence-corrected chi connectivity index (χ2v) is 5.32. The molecule has 0 spiro atoms. The van der Waals surface area contributed by atoms with Crippen molar-refractivity contribution in [3.63, 3.8) is 0 Å². The van der Waals surface area contributed by atoms with Gasteiger partial charge in [0.15, 0.2) is 0 Å². The van der Waals surface area contributed by atoms with E-state index in [9.17, 15) is 8.78 Å². The molecule has 0 bridgehead atoms. The van der Waals surface area contributed by atoms with Gasteiger partial charge in [0.2, 0.25) is 5.92 Å². The zero-order valence-corrected chi connectivity index (χ0v) is 11.3. The summed E-state index contributed by atoms with van der Waals surface area (Å²) in [4.78, 5) is 4.35. The van der Waals surface area contributed by atoms with Crippen LogP contribution in [0.25, 0.3) is 0 Å². The molecule has 0 aliphatic heterocycles. The Morgan fingerprint density at radius 3 is 2.79 bits per heavy atom. The summed E-state index contributed by atoms with van der Waals surface area (Å²) in [5.74, 6) is 4.12. The molecule has 4 nitrogen and oxygen atoms in total. The number of imidazole rings is 1. The third kappa shape index (κ3) is 3.30. The SMILES string of the molecule is CCCn1ccnc1C(NN)C1CCC(F)(F)CC1. The van der Waals surface area contributed by atoms with Crippen molar-refractivity contribution in [1.29, 1.82) is 0 Å². The Hall–Kier alpha value is -1.01. The van der Waals surface area contributed by atoms with Crippen molar-refractivity contribution in [2.75, 3.05) is 0 Å². The quantitative estimate of drug-likeness (QED) is 0.640. The minimum absolute atomic E-state index is 0.0513. The predicted molar refractivity (Wildman–Crippen MR) is 69.5 cm³/mol. The molecule has 108 valence electrons. The van der Waals surface area contributed by atoms with E-state index in [-0.39, 0.29) is 24.8 Å². The van der Waals surface area contributed by atoms with Gasteiger partial charge in [0, 0.05) is 31.8 Å². The summed E-state index contributed by atoms with van der Waals surface area (Å²) in [5.41, 5.74) is 2.77. The molecule has 1 fully saturated rings. The number of hydrazine groups is 1. The number of nitrogens with one attached hydrogen (secondary N) is 1. The van der Waals surface area contributed by atoms with Gasteiger partial charge < -0.3 is 4.57 Å². The fraction of sp³-hybridized carbons (Fsp3) is 0.769. The van der Waals surface area contributed by atoms with Crippen molar-refractivity contribution in [2.24, 2.45) is 11.8 Å². The van der Waals surface area contributed by atoms with E-state index < -0.39 is 5.92 Å². The summed E-state index contributed by atoms with van der Waals surface area (Å²) < 4.78 is 28.5. The predicted octanol–water partition coefficient (Wildman–Crippen LogP) is 2.62. The van der Waals surface area contributed by atoms with Gasteiger partial charge in [-0.1, -0.05) is 6.92 Å². The van der Waals surface area contributed by atoms with Crippen molar-refractivity contribution >= 4 is 0 Å². The van der Waals surface area contributed by atoms with Gasteiger partial charge in [-0.05, 0) is 25.2 Å². The molecule has 0 saturated heterocycles. The van der Waals surface area contributed by atoms with Gasteiger partial charge in [0.05, 0.1) is 6.04 Å². The Morgan fingerprint density at radius 2 is 2.21 bits per heavy atom. The average Bonchev–Trinajstić information content (AvgIpc) is 2.81. The van der Waals surface area contributed by atoms with Gasteiger partial charge in [-0.2, -0.15) is 0 Å². The molecule has 6 heteroatoms. The third-order valence-electron chi connectivity index (χ3n) is 3.90. The molecule has 0 amide bonds. The van der Waals surface area contributed by atoms with E-state index in [4.69, 9.17) is 5.84 Å². The Bertz CT molecular complexity index is 395. The minimum atomic E-state index is -2.51. The van der Waals surface area contributed by atoms with Crippen molar-refractivity contribution in [1.82, 2.24) is 15.0 Å². The van der Waals surface area contributed by atoms with E-state index >= 15 is 0 Å². The first-order chi connectivity index (χ1) is 9.07. The highest BCUT2D eigenvalue weighted by atomic mass is 19.3. The molecule has 1 aromatic rings. The monoisotopic (exact) mass is 272 g/mol. The van der Waals surface area contributed by atoms with E-state index in [2.05, 4.69) is 21.9 Å². The van der Waals surface area contributed by atoms with E-state index in [0.29, 0.717) is 12.8 Å². The van der Waals surface area contributed by atoms with Gasteiger partial charge in [-0.25, -0.2) is 19.2 Å². The van der Waals surface area contributed by atoms with Crippen LogP contribution < -0.4 is 11.3 Å². The van der Waals surface area contributed by atoms with Crippen molar-refractivity contribution in [2.45, 2.75) is 57.5 Å². The molecule has 1 unspecified atom stereocenters. The number of aryl methyl sites for hydroxylation is 1. The summed E-state index contributed by atoms with van der Waals surface area (Å²) in [7, 11) is 0. The van der Waals surface area contributed by atoms with Crippen LogP contribution >= 0.6 is 0 Å². The maximum Gasteiger partial charge on any atom is 0.248 e. The van der Waals surface area contributed by atoms with Crippen LogP contribution in [0.2, 0.25) is 0 Å². The lowest BCUT2D eigenvalue weighted by atomic mass is 9.82. The molecule has 19 heavy (non-hydrogen) atoms. The van der Waals surface area contributed by atoms with E-state index in [1.54, 1.807) is 6.20 Å². The summed E-state index contributed by atoms with van der Waals surface area (Å²) in [6.45, 7) is 2.96. The van der Waals surface area contributed by atoms with Gasteiger partial charge in [0.25, 0.3) is 0 Å². The van der Waals surface area contributed by atoms with E-state index in [0.717, 1.165) is 18.8 Å². The Kier molecular flexibility index (Phi) is 4.52. The fourth-order valence-corrected chi connectivity index (χ4v) is 2.85. The van der Waals surface area contributed by atoms with Crippen LogP contribution in [-0.2, 0) is 6.54 Å². The third-order valence-corrected chi connectivity index (χ3v) is 3.90. The molecular formula is C13H22F2N4. The number of nitrogens with two attached hydrogens (primary N) is 1. The maximum absolute atomic E-state index is 13.2. The highest BCUT2D eigenvalue weighted by Crippen LogP contribution is 2.40. The topological polar surface area (TPSA) is 55.9 Å². The van der Waals surface area contributed by atoms with Crippen LogP contribution in [0.4, 0.5) is 8.78 Å². The van der Waals surface area contributed by atoms with Crippen molar-refractivity contribution < 1.29 is 8.78 Å². The number of alkyl halides is 2. The average molecular weight is 272 g/mol. The van der Waals surface area contributed by atoms with Gasteiger partial charge >= 0.3 is 0 Å². The number of hydrogen-bond acceptors (Lipinski definition) is 3. The summed E-state index contributed by atoms with van der Waals surface area (Å²) in [5, 5.41) is 0. The number of aromatic nitrogens is 2. The van der Waals surface area contributed by atoms with Crippen molar-refractivity contribution in [3.8, 4) is 0 Å². The lowest BCUT2D eigenvalue weighted by molar-refractivity contribution is -0.0502. The first-order valence-electron chi connectivity index (χ1n) is 6.92. The van der Waals surface area contributed by atoms with Crippen LogP contribution in [0.3, 0.4) is 0 Å². The molecule has 1 aliphatic rings. The number of nitrogens with zero attached hydrogens (tertiary/aromatic N) is 2. The molecular weight excluding hydrogens is 250 g/mol. The normalized spacial score (nSPS) is 21.5. The second-order valence-electron chi connectivity index (χ2n) is 5.32.